The van der Waals surface area contributed by atoms with Crippen LogP contribution in [0.1, 0.15) is 25.7 Å². The van der Waals surface area contributed by atoms with Crippen LogP contribution in [0.2, 0.25) is 0 Å². The van der Waals surface area contributed by atoms with Crippen LogP contribution >= 0.6 is 12.2 Å². The molecule has 18 heavy (non-hydrogen) atoms. The molecule has 1 fully saturated rings. The van der Waals surface area contributed by atoms with E-state index in [2.05, 4.69) is 12.2 Å². The number of carbonyl (C=O) groups excluding carboxylic acids is 2. The molecule has 1 unspecified atom stereocenters. The van der Waals surface area contributed by atoms with Crippen molar-refractivity contribution in [2.75, 3.05) is 0 Å². The van der Waals surface area contributed by atoms with E-state index in [0.717, 1.165) is 0 Å². The van der Waals surface area contributed by atoms with Gasteiger partial charge in [0.2, 0.25) is 11.8 Å². The van der Waals surface area contributed by atoms with E-state index in [1.807, 2.05) is 12.2 Å². The first-order valence-corrected chi connectivity index (χ1v) is 6.21. The van der Waals surface area contributed by atoms with Gasteiger partial charge in [-0.2, -0.15) is 5.01 Å². The van der Waals surface area contributed by atoms with Crippen LogP contribution in [0.3, 0.4) is 0 Å². The SMILES string of the molecule is O=C1CCC(=O)N1N1C=CC=CC1CCC(O)=S. The van der Waals surface area contributed by atoms with Crippen molar-refractivity contribution >= 4 is 29.1 Å². The predicted octanol–water partition coefficient (Wildman–Crippen LogP) is 1.47. The molecule has 2 heterocycles. The summed E-state index contributed by atoms with van der Waals surface area (Å²) in [6.45, 7) is 0. The van der Waals surface area contributed by atoms with Crippen LogP contribution in [0.4, 0.5) is 0 Å². The van der Waals surface area contributed by atoms with Crippen molar-refractivity contribution in [3.05, 3.63) is 24.4 Å². The summed E-state index contributed by atoms with van der Waals surface area (Å²) in [5, 5.41) is 11.8. The Bertz CT molecular complexity index is 429. The highest BCUT2D eigenvalue weighted by molar-refractivity contribution is 7.80. The molecule has 0 aromatic heterocycles. The van der Waals surface area contributed by atoms with Gasteiger partial charge in [-0.1, -0.05) is 12.2 Å². The van der Waals surface area contributed by atoms with E-state index in [0.29, 0.717) is 12.8 Å². The number of aliphatic hydroxyl groups is 1. The van der Waals surface area contributed by atoms with Gasteiger partial charge in [0.25, 0.3) is 0 Å². The zero-order chi connectivity index (χ0) is 13.1. The second kappa shape index (κ2) is 5.30. The molecule has 2 aliphatic heterocycles. The van der Waals surface area contributed by atoms with Gasteiger partial charge in [0.15, 0.2) is 5.05 Å². The second-order valence-electron chi connectivity index (χ2n) is 4.21. The standard InChI is InChI=1S/C12H14N2O3S/c15-10-5-6-11(16)14(10)13-8-2-1-3-9(13)4-7-12(17)18/h1-3,8-9H,4-7H2,(H,17,18). The van der Waals surface area contributed by atoms with Crippen LogP contribution < -0.4 is 0 Å². The van der Waals surface area contributed by atoms with Gasteiger partial charge in [0.1, 0.15) is 0 Å². The van der Waals surface area contributed by atoms with E-state index in [4.69, 9.17) is 5.11 Å². The van der Waals surface area contributed by atoms with Crippen molar-refractivity contribution in [2.24, 2.45) is 0 Å². The fourth-order valence-electron chi connectivity index (χ4n) is 2.07. The lowest BCUT2D eigenvalue weighted by Gasteiger charge is -2.35. The quantitative estimate of drug-likeness (QED) is 0.617. The van der Waals surface area contributed by atoms with Crippen molar-refractivity contribution in [3.8, 4) is 0 Å². The lowest BCUT2D eigenvalue weighted by atomic mass is 10.1. The number of amides is 2. The number of aliphatic hydroxyl groups excluding tert-OH is 1. The largest absolute Gasteiger partial charge is 0.502 e. The minimum absolute atomic E-state index is 0.0584. The molecule has 5 nitrogen and oxygen atoms in total. The van der Waals surface area contributed by atoms with E-state index in [1.54, 1.807) is 17.3 Å². The number of allylic oxidation sites excluding steroid dienone is 2. The Morgan fingerprint density at radius 3 is 2.61 bits per heavy atom. The topological polar surface area (TPSA) is 60.9 Å². The molecule has 0 aliphatic carbocycles. The van der Waals surface area contributed by atoms with E-state index < -0.39 is 0 Å². The van der Waals surface area contributed by atoms with E-state index in [1.165, 1.54) is 5.01 Å². The Kier molecular flexibility index (Phi) is 3.76. The van der Waals surface area contributed by atoms with Crippen molar-refractivity contribution in [1.82, 2.24) is 10.0 Å². The third-order valence-electron chi connectivity index (χ3n) is 2.93. The summed E-state index contributed by atoms with van der Waals surface area (Å²) >= 11 is 4.63. The molecule has 1 saturated heterocycles. The van der Waals surface area contributed by atoms with Gasteiger partial charge in [-0.15, -0.1) is 0 Å². The van der Waals surface area contributed by atoms with Gasteiger partial charge in [0, 0.05) is 25.5 Å². The number of thiocarbonyl (C=S) groups is 1. The molecule has 0 aromatic carbocycles. The number of hydrazine groups is 1. The third-order valence-corrected chi connectivity index (χ3v) is 3.14. The van der Waals surface area contributed by atoms with Gasteiger partial charge in [-0.05, 0) is 24.7 Å². The first-order valence-electron chi connectivity index (χ1n) is 5.80. The van der Waals surface area contributed by atoms with E-state index in [-0.39, 0.29) is 35.7 Å². The maximum absolute atomic E-state index is 11.7. The lowest BCUT2D eigenvalue weighted by molar-refractivity contribution is -0.155. The zero-order valence-corrected chi connectivity index (χ0v) is 10.6. The normalized spacial score (nSPS) is 23.0. The van der Waals surface area contributed by atoms with Gasteiger partial charge in [-0.25, -0.2) is 0 Å². The molecule has 2 aliphatic rings. The summed E-state index contributed by atoms with van der Waals surface area (Å²) in [4.78, 5) is 23.4. The summed E-state index contributed by atoms with van der Waals surface area (Å²) in [5.41, 5.74) is 0. The third kappa shape index (κ3) is 2.59. The van der Waals surface area contributed by atoms with Crippen LogP contribution in [0, 0.1) is 0 Å². The van der Waals surface area contributed by atoms with Crippen LogP contribution in [0.25, 0.3) is 0 Å². The Labute approximate surface area is 110 Å². The van der Waals surface area contributed by atoms with Gasteiger partial charge in [-0.3, -0.25) is 14.6 Å². The van der Waals surface area contributed by atoms with Crippen molar-refractivity contribution in [1.29, 1.82) is 0 Å². The first-order chi connectivity index (χ1) is 8.59. The number of hydrogen-bond donors (Lipinski definition) is 1. The minimum Gasteiger partial charge on any atom is -0.502 e. The molecule has 96 valence electrons. The molecule has 0 bridgehead atoms. The first kappa shape index (κ1) is 12.8. The Balaban J connectivity index is 2.11. The highest BCUT2D eigenvalue weighted by Crippen LogP contribution is 2.22. The molecule has 0 radical (unpaired) electrons. The molecule has 0 aromatic rings. The summed E-state index contributed by atoms with van der Waals surface area (Å²) in [6.07, 6.45) is 8.66. The van der Waals surface area contributed by atoms with Gasteiger partial charge < -0.3 is 5.11 Å². The summed E-state index contributed by atoms with van der Waals surface area (Å²) in [7, 11) is 0. The van der Waals surface area contributed by atoms with E-state index >= 15 is 0 Å². The zero-order valence-electron chi connectivity index (χ0n) is 9.78. The molecular weight excluding hydrogens is 252 g/mol. The second-order valence-corrected chi connectivity index (χ2v) is 4.68. The van der Waals surface area contributed by atoms with Crippen LogP contribution in [-0.2, 0) is 9.59 Å². The summed E-state index contributed by atoms with van der Waals surface area (Å²) < 4.78 is 0. The van der Waals surface area contributed by atoms with Crippen molar-refractivity contribution < 1.29 is 14.7 Å². The van der Waals surface area contributed by atoms with Crippen molar-refractivity contribution in [3.63, 3.8) is 0 Å². The van der Waals surface area contributed by atoms with Crippen molar-refractivity contribution in [2.45, 2.75) is 31.7 Å². The minimum atomic E-state index is -0.184. The van der Waals surface area contributed by atoms with Gasteiger partial charge >= 0.3 is 0 Å². The Morgan fingerprint density at radius 1 is 1.33 bits per heavy atom. The molecule has 6 heteroatoms. The highest BCUT2D eigenvalue weighted by Gasteiger charge is 2.35. The smallest absolute Gasteiger partial charge is 0.248 e. The fourth-order valence-corrected chi connectivity index (χ4v) is 2.18. The average molecular weight is 266 g/mol. The number of hydrogen-bond acceptors (Lipinski definition) is 4. The molecule has 0 saturated carbocycles. The summed E-state index contributed by atoms with van der Waals surface area (Å²) in [6, 6.07) is -0.133. The predicted molar refractivity (Wildman–Crippen MR) is 69.5 cm³/mol. The molecule has 1 N–H and O–H groups in total. The Hall–Kier alpha value is -1.69. The maximum Gasteiger partial charge on any atom is 0.248 e. The maximum atomic E-state index is 11.7. The molecular formula is C12H14N2O3S. The van der Waals surface area contributed by atoms with Crippen LogP contribution in [0.15, 0.2) is 24.4 Å². The molecule has 2 rings (SSSR count). The Morgan fingerprint density at radius 2 is 2.00 bits per heavy atom. The number of imide groups is 1. The summed E-state index contributed by atoms with van der Waals surface area (Å²) in [5.74, 6) is -0.368. The number of carbonyl (C=O) groups is 2. The van der Waals surface area contributed by atoms with Crippen LogP contribution in [0.5, 0.6) is 0 Å². The van der Waals surface area contributed by atoms with Gasteiger partial charge in [0.05, 0.1) is 6.04 Å². The number of nitrogens with zero attached hydrogens (tertiary/aromatic N) is 2. The highest BCUT2D eigenvalue weighted by atomic mass is 32.1. The lowest BCUT2D eigenvalue weighted by Crippen LogP contribution is -2.48. The van der Waals surface area contributed by atoms with Crippen LogP contribution in [-0.4, -0.2) is 38.0 Å². The molecule has 0 spiro atoms. The number of rotatable bonds is 4. The average Bonchev–Trinajstić information content (AvgIpc) is 2.67. The molecule has 2 amide bonds. The van der Waals surface area contributed by atoms with E-state index in [9.17, 15) is 9.59 Å². The molecule has 1 atom stereocenters. The monoisotopic (exact) mass is 266 g/mol. The fraction of sp³-hybridized carbons (Fsp3) is 0.417.